The van der Waals surface area contributed by atoms with E-state index in [0.29, 0.717) is 16.6 Å². The lowest BCUT2D eigenvalue weighted by Crippen LogP contribution is -2.07. The molecule has 0 saturated carbocycles. The Kier molecular flexibility index (Phi) is 5.15. The highest BCUT2D eigenvalue weighted by atomic mass is 35.5. The van der Waals surface area contributed by atoms with E-state index in [2.05, 4.69) is 0 Å². The quantitative estimate of drug-likeness (QED) is 0.245. The van der Waals surface area contributed by atoms with E-state index in [4.69, 9.17) is 27.8 Å². The molecule has 0 bridgehead atoms. The number of hydrogen-bond donors (Lipinski definition) is 1. The van der Waals surface area contributed by atoms with Gasteiger partial charge in [0.1, 0.15) is 5.82 Å². The van der Waals surface area contributed by atoms with Gasteiger partial charge in [-0.2, -0.15) is 8.42 Å². The van der Waals surface area contributed by atoms with E-state index in [1.54, 1.807) is 34.9 Å². The summed E-state index contributed by atoms with van der Waals surface area (Å²) >= 11 is 12.1. The van der Waals surface area contributed by atoms with Crippen LogP contribution in [0.2, 0.25) is 10.0 Å². The molecule has 0 aliphatic carbocycles. The summed E-state index contributed by atoms with van der Waals surface area (Å²) in [6.45, 7) is 0. The van der Waals surface area contributed by atoms with Crippen LogP contribution in [-0.2, 0) is 10.1 Å². The second-order valence-electron chi connectivity index (χ2n) is 6.45. The lowest BCUT2D eigenvalue weighted by atomic mass is 10.0. The van der Waals surface area contributed by atoms with Crippen molar-refractivity contribution in [3.8, 4) is 11.1 Å². The zero-order valence-corrected chi connectivity index (χ0v) is 17.3. The number of benzene rings is 2. The molecule has 0 atom stereocenters. The monoisotopic (exact) mass is 463 g/mol. The van der Waals surface area contributed by atoms with Crippen molar-refractivity contribution in [2.24, 2.45) is 0 Å². The molecule has 152 valence electrons. The first-order valence-corrected chi connectivity index (χ1v) is 10.7. The van der Waals surface area contributed by atoms with E-state index >= 15 is 0 Å². The van der Waals surface area contributed by atoms with E-state index in [0.717, 1.165) is 6.07 Å². The zero-order valence-electron chi connectivity index (χ0n) is 15.0. The summed E-state index contributed by atoms with van der Waals surface area (Å²) in [5, 5.41) is -0.339. The van der Waals surface area contributed by atoms with Crippen molar-refractivity contribution in [2.45, 2.75) is 4.90 Å². The van der Waals surface area contributed by atoms with Gasteiger partial charge in [-0.3, -0.25) is 9.35 Å². The Hall–Kier alpha value is -2.71. The number of rotatable bonds is 4. The Labute approximate surface area is 181 Å². The summed E-state index contributed by atoms with van der Waals surface area (Å²) in [7, 11) is -4.33. The van der Waals surface area contributed by atoms with Crippen LogP contribution >= 0.6 is 23.2 Å². The summed E-state index contributed by atoms with van der Waals surface area (Å²) in [6.07, 6.45) is 1.67. The lowest BCUT2D eigenvalue weighted by molar-refractivity contribution is 0.103. The van der Waals surface area contributed by atoms with E-state index in [1.807, 2.05) is 0 Å². The Morgan fingerprint density at radius 2 is 1.70 bits per heavy atom. The minimum Gasteiger partial charge on any atom is -0.313 e. The SMILES string of the molecule is O=C(c1c(Cl)ccc(F)c1Cl)c1cc(-c2ccc(S(=O)(=O)O)cc2)c2ccccn12. The van der Waals surface area contributed by atoms with Crippen LogP contribution in [-0.4, -0.2) is 23.2 Å². The Balaban J connectivity index is 1.91. The van der Waals surface area contributed by atoms with Gasteiger partial charge in [0.25, 0.3) is 10.1 Å². The van der Waals surface area contributed by atoms with Gasteiger partial charge in [-0.05, 0) is 48.0 Å². The smallest absolute Gasteiger partial charge is 0.294 e. The highest BCUT2D eigenvalue weighted by Crippen LogP contribution is 2.33. The minimum absolute atomic E-state index is 0.0244. The van der Waals surface area contributed by atoms with Crippen molar-refractivity contribution in [2.75, 3.05) is 0 Å². The average molecular weight is 464 g/mol. The van der Waals surface area contributed by atoms with Crippen molar-refractivity contribution in [1.82, 2.24) is 4.40 Å². The van der Waals surface area contributed by atoms with Gasteiger partial charge >= 0.3 is 0 Å². The van der Waals surface area contributed by atoms with Crippen LogP contribution < -0.4 is 0 Å². The molecule has 30 heavy (non-hydrogen) atoms. The Morgan fingerprint density at radius 3 is 2.37 bits per heavy atom. The maximum Gasteiger partial charge on any atom is 0.294 e. The second-order valence-corrected chi connectivity index (χ2v) is 8.65. The third-order valence-corrected chi connectivity index (χ3v) is 6.20. The molecule has 2 heterocycles. The molecular formula is C21H12Cl2FNO4S. The summed E-state index contributed by atoms with van der Waals surface area (Å²) in [5.41, 5.74) is 1.96. The molecule has 0 amide bonds. The largest absolute Gasteiger partial charge is 0.313 e. The summed E-state index contributed by atoms with van der Waals surface area (Å²) in [6, 6.07) is 14.8. The Bertz CT molecular complexity index is 1410. The number of aromatic nitrogens is 1. The molecule has 1 N–H and O–H groups in total. The van der Waals surface area contributed by atoms with Crippen molar-refractivity contribution in [3.63, 3.8) is 0 Å². The number of pyridine rings is 1. The van der Waals surface area contributed by atoms with Crippen LogP contribution in [0.4, 0.5) is 4.39 Å². The van der Waals surface area contributed by atoms with E-state index < -0.39 is 21.7 Å². The molecular weight excluding hydrogens is 452 g/mol. The number of nitrogens with zero attached hydrogens (tertiary/aromatic N) is 1. The van der Waals surface area contributed by atoms with E-state index in [-0.39, 0.29) is 26.2 Å². The van der Waals surface area contributed by atoms with Gasteiger partial charge in [-0.15, -0.1) is 0 Å². The van der Waals surface area contributed by atoms with Crippen LogP contribution in [0, 0.1) is 5.82 Å². The van der Waals surface area contributed by atoms with Crippen molar-refractivity contribution in [3.05, 3.63) is 94.0 Å². The lowest BCUT2D eigenvalue weighted by Gasteiger charge is -2.07. The third kappa shape index (κ3) is 3.50. The first-order chi connectivity index (χ1) is 14.2. The first kappa shape index (κ1) is 20.6. The molecule has 0 aliphatic rings. The summed E-state index contributed by atoms with van der Waals surface area (Å²) in [4.78, 5) is 13.0. The number of fused-ring (bicyclic) bond motifs is 1. The molecule has 4 aromatic rings. The van der Waals surface area contributed by atoms with Crippen LogP contribution in [0.5, 0.6) is 0 Å². The fourth-order valence-electron chi connectivity index (χ4n) is 3.23. The van der Waals surface area contributed by atoms with Gasteiger partial charge in [-0.1, -0.05) is 41.4 Å². The van der Waals surface area contributed by atoms with Crippen LogP contribution in [0.25, 0.3) is 16.6 Å². The molecule has 0 radical (unpaired) electrons. The molecule has 0 unspecified atom stereocenters. The molecule has 0 spiro atoms. The topological polar surface area (TPSA) is 75.8 Å². The van der Waals surface area contributed by atoms with Gasteiger partial charge in [-0.25, -0.2) is 4.39 Å². The number of carbonyl (C=O) groups is 1. The van der Waals surface area contributed by atoms with Crippen LogP contribution in [0.15, 0.2) is 71.8 Å². The molecule has 2 aromatic heterocycles. The summed E-state index contributed by atoms with van der Waals surface area (Å²) < 4.78 is 47.3. The predicted octanol–water partition coefficient (Wildman–Crippen LogP) is 5.53. The minimum atomic E-state index is -4.33. The van der Waals surface area contributed by atoms with Crippen LogP contribution in [0.1, 0.15) is 16.1 Å². The number of halogens is 3. The van der Waals surface area contributed by atoms with Crippen LogP contribution in [0.3, 0.4) is 0 Å². The number of hydrogen-bond acceptors (Lipinski definition) is 3. The highest BCUT2D eigenvalue weighted by Gasteiger charge is 2.24. The van der Waals surface area contributed by atoms with E-state index in [9.17, 15) is 17.6 Å². The predicted molar refractivity (Wildman–Crippen MR) is 113 cm³/mol. The molecule has 9 heteroatoms. The fourth-order valence-corrected chi connectivity index (χ4v) is 4.25. The third-order valence-electron chi connectivity index (χ3n) is 4.64. The van der Waals surface area contributed by atoms with E-state index in [1.165, 1.54) is 30.3 Å². The average Bonchev–Trinajstić information content (AvgIpc) is 3.10. The first-order valence-electron chi connectivity index (χ1n) is 8.54. The Morgan fingerprint density at radius 1 is 1.00 bits per heavy atom. The summed E-state index contributed by atoms with van der Waals surface area (Å²) in [5.74, 6) is -1.32. The normalized spacial score (nSPS) is 11.7. The molecule has 5 nitrogen and oxygen atoms in total. The molecule has 0 aliphatic heterocycles. The van der Waals surface area contributed by atoms with Gasteiger partial charge in [0.2, 0.25) is 5.78 Å². The maximum atomic E-state index is 13.9. The van der Waals surface area contributed by atoms with Crippen molar-refractivity contribution >= 4 is 44.6 Å². The standard InChI is InChI=1S/C21H12Cl2FNO4S/c22-15-8-9-16(24)20(23)19(15)21(26)18-11-14(17-3-1-2-10-25(17)18)12-4-6-13(7-5-12)30(27,28)29/h1-11H,(H,27,28,29). The van der Waals surface area contributed by atoms with Gasteiger partial charge in [0.15, 0.2) is 0 Å². The molecule has 4 rings (SSSR count). The highest BCUT2D eigenvalue weighted by molar-refractivity contribution is 7.85. The van der Waals surface area contributed by atoms with Gasteiger partial charge in [0.05, 0.1) is 31.7 Å². The maximum absolute atomic E-state index is 13.9. The van der Waals surface area contributed by atoms with Crippen molar-refractivity contribution in [1.29, 1.82) is 0 Å². The molecule has 0 fully saturated rings. The molecule has 0 saturated heterocycles. The zero-order chi connectivity index (χ0) is 21.6. The molecule has 2 aromatic carbocycles. The second kappa shape index (κ2) is 7.52. The van der Waals surface area contributed by atoms with Gasteiger partial charge in [0, 0.05) is 11.8 Å². The van der Waals surface area contributed by atoms with Gasteiger partial charge < -0.3 is 4.40 Å². The fraction of sp³-hybridized carbons (Fsp3) is 0. The number of carbonyl (C=O) groups excluding carboxylic acids is 1. The number of ketones is 1. The van der Waals surface area contributed by atoms with Crippen molar-refractivity contribution < 1.29 is 22.2 Å².